The zero-order chi connectivity index (χ0) is 17.6. The van der Waals surface area contributed by atoms with Gasteiger partial charge in [0.05, 0.1) is 23.1 Å². The van der Waals surface area contributed by atoms with Crippen molar-refractivity contribution in [3.8, 4) is 5.75 Å². The Morgan fingerprint density at radius 1 is 1.24 bits per heavy atom. The third-order valence-electron chi connectivity index (χ3n) is 3.76. The van der Waals surface area contributed by atoms with E-state index in [1.54, 1.807) is 18.9 Å². The van der Waals surface area contributed by atoms with Gasteiger partial charge < -0.3 is 9.30 Å². The van der Waals surface area contributed by atoms with Gasteiger partial charge in [-0.2, -0.15) is 4.99 Å². The lowest BCUT2D eigenvalue weighted by Gasteiger charge is -2.02. The fraction of sp³-hybridized carbons (Fsp3) is 0.263. The number of benzene rings is 2. The van der Waals surface area contributed by atoms with Crippen molar-refractivity contribution >= 4 is 39.2 Å². The number of aromatic nitrogens is 1. The predicted molar refractivity (Wildman–Crippen MR) is 105 cm³/mol. The van der Waals surface area contributed by atoms with E-state index in [0.717, 1.165) is 33.1 Å². The van der Waals surface area contributed by atoms with E-state index < -0.39 is 0 Å². The lowest BCUT2D eigenvalue weighted by atomic mass is 10.2. The quantitative estimate of drug-likeness (QED) is 0.654. The van der Waals surface area contributed by atoms with Crippen LogP contribution in [0.3, 0.4) is 0 Å². The smallest absolute Gasteiger partial charge is 0.258 e. The van der Waals surface area contributed by atoms with Gasteiger partial charge in [-0.05, 0) is 30.7 Å². The molecule has 3 rings (SSSR count). The Labute approximate surface area is 155 Å². The van der Waals surface area contributed by atoms with Gasteiger partial charge in [-0.1, -0.05) is 41.7 Å². The van der Waals surface area contributed by atoms with Crippen LogP contribution in [0.4, 0.5) is 0 Å². The molecule has 1 aromatic heterocycles. The van der Waals surface area contributed by atoms with E-state index >= 15 is 0 Å². The van der Waals surface area contributed by atoms with Gasteiger partial charge >= 0.3 is 0 Å². The molecular formula is C19H20N2O2S2. The molecule has 0 aliphatic carbocycles. The molecule has 2 aromatic carbocycles. The van der Waals surface area contributed by atoms with E-state index in [2.05, 4.69) is 28.6 Å². The molecular weight excluding hydrogens is 352 g/mol. The van der Waals surface area contributed by atoms with Crippen molar-refractivity contribution in [2.24, 2.45) is 4.99 Å². The minimum Gasteiger partial charge on any atom is -0.497 e. The summed E-state index contributed by atoms with van der Waals surface area (Å²) < 4.78 is 8.42. The summed E-state index contributed by atoms with van der Waals surface area (Å²) in [4.78, 5) is 17.3. The van der Waals surface area contributed by atoms with Crippen molar-refractivity contribution in [2.75, 3.05) is 12.9 Å². The van der Waals surface area contributed by atoms with Gasteiger partial charge in [-0.3, -0.25) is 4.79 Å². The number of rotatable bonds is 6. The summed E-state index contributed by atoms with van der Waals surface area (Å²) in [7, 11) is 1.65. The van der Waals surface area contributed by atoms with Crippen molar-refractivity contribution in [1.82, 2.24) is 4.57 Å². The molecule has 4 nitrogen and oxygen atoms in total. The molecule has 1 amide bonds. The number of aryl methyl sites for hydroxylation is 1. The molecule has 130 valence electrons. The van der Waals surface area contributed by atoms with Crippen molar-refractivity contribution < 1.29 is 9.53 Å². The number of amides is 1. The van der Waals surface area contributed by atoms with Gasteiger partial charge in [0.1, 0.15) is 5.75 Å². The first-order valence-electron chi connectivity index (χ1n) is 8.08. The number of nitrogens with zero attached hydrogens (tertiary/aromatic N) is 2. The van der Waals surface area contributed by atoms with Crippen LogP contribution in [0, 0.1) is 0 Å². The largest absolute Gasteiger partial charge is 0.497 e. The first-order valence-corrected chi connectivity index (χ1v) is 10.0. The van der Waals surface area contributed by atoms with Crippen LogP contribution in [0.25, 0.3) is 10.2 Å². The van der Waals surface area contributed by atoms with Gasteiger partial charge in [0, 0.05) is 12.3 Å². The summed E-state index contributed by atoms with van der Waals surface area (Å²) in [6.45, 7) is 2.83. The topological polar surface area (TPSA) is 43.6 Å². The molecule has 6 heteroatoms. The molecule has 0 fully saturated rings. The molecule has 0 radical (unpaired) electrons. The summed E-state index contributed by atoms with van der Waals surface area (Å²) in [5, 5.41) is 0. The summed E-state index contributed by atoms with van der Waals surface area (Å²) in [6, 6.07) is 16.1. The Hall–Kier alpha value is -2.05. The highest BCUT2D eigenvalue weighted by Crippen LogP contribution is 2.23. The maximum Gasteiger partial charge on any atom is 0.258 e. The summed E-state index contributed by atoms with van der Waals surface area (Å²) in [5.74, 6) is 1.92. The van der Waals surface area contributed by atoms with E-state index in [1.807, 2.05) is 36.4 Å². The second-order valence-electron chi connectivity index (χ2n) is 5.45. The van der Waals surface area contributed by atoms with Crippen LogP contribution in [0.5, 0.6) is 5.75 Å². The Morgan fingerprint density at radius 3 is 2.76 bits per heavy atom. The first kappa shape index (κ1) is 17.8. The Bertz CT molecular complexity index is 929. The highest BCUT2D eigenvalue weighted by atomic mass is 32.2. The second-order valence-corrected chi connectivity index (χ2v) is 7.44. The van der Waals surface area contributed by atoms with Gasteiger partial charge in [0.2, 0.25) is 0 Å². The number of carbonyl (C=O) groups is 1. The van der Waals surface area contributed by atoms with E-state index in [1.165, 1.54) is 16.9 Å². The first-order chi connectivity index (χ1) is 12.2. The molecule has 0 unspecified atom stereocenters. The molecule has 0 saturated carbocycles. The van der Waals surface area contributed by atoms with E-state index in [4.69, 9.17) is 4.74 Å². The standard InChI is InChI=1S/C19H20N2O2S2/c1-3-21-16-10-9-15(23-2)11-17(16)25-19(21)20-18(22)13-24-12-14-7-5-4-6-8-14/h4-11H,3,12-13H2,1-2H3. The lowest BCUT2D eigenvalue weighted by Crippen LogP contribution is -2.16. The fourth-order valence-electron chi connectivity index (χ4n) is 2.54. The van der Waals surface area contributed by atoms with Crippen LogP contribution < -0.4 is 9.54 Å². The Kier molecular flexibility index (Phi) is 5.94. The fourth-order valence-corrected chi connectivity index (χ4v) is 4.45. The van der Waals surface area contributed by atoms with Gasteiger partial charge in [-0.15, -0.1) is 11.8 Å². The highest BCUT2D eigenvalue weighted by molar-refractivity contribution is 7.99. The number of hydrogen-bond acceptors (Lipinski definition) is 4. The summed E-state index contributed by atoms with van der Waals surface area (Å²) in [5.41, 5.74) is 2.30. The highest BCUT2D eigenvalue weighted by Gasteiger charge is 2.08. The van der Waals surface area contributed by atoms with Crippen LogP contribution >= 0.6 is 23.1 Å². The second kappa shape index (κ2) is 8.36. The third-order valence-corrected chi connectivity index (χ3v) is 5.79. The maximum absolute atomic E-state index is 12.3. The molecule has 3 aromatic rings. The van der Waals surface area contributed by atoms with Crippen LogP contribution in [-0.2, 0) is 17.1 Å². The summed E-state index contributed by atoms with van der Waals surface area (Å²) >= 11 is 3.11. The molecule has 0 bridgehead atoms. The van der Waals surface area contributed by atoms with Crippen molar-refractivity contribution in [3.05, 3.63) is 58.9 Å². The molecule has 0 aliphatic rings. The average Bonchev–Trinajstić information content (AvgIpc) is 2.98. The van der Waals surface area contributed by atoms with Crippen molar-refractivity contribution in [1.29, 1.82) is 0 Å². The monoisotopic (exact) mass is 372 g/mol. The number of thioether (sulfide) groups is 1. The number of carbonyl (C=O) groups excluding carboxylic acids is 1. The minimum atomic E-state index is -0.0957. The average molecular weight is 373 g/mol. The third kappa shape index (κ3) is 4.32. The maximum atomic E-state index is 12.3. The number of fused-ring (bicyclic) bond motifs is 1. The van der Waals surface area contributed by atoms with E-state index in [-0.39, 0.29) is 5.91 Å². The minimum absolute atomic E-state index is 0.0957. The van der Waals surface area contributed by atoms with Gasteiger partial charge in [0.15, 0.2) is 4.80 Å². The summed E-state index contributed by atoms with van der Waals surface area (Å²) in [6.07, 6.45) is 0. The number of ether oxygens (including phenoxy) is 1. The number of methoxy groups -OCH3 is 1. The number of thiazole rings is 1. The van der Waals surface area contributed by atoms with Crippen LogP contribution in [0.2, 0.25) is 0 Å². The zero-order valence-corrected chi connectivity index (χ0v) is 15.9. The molecule has 1 heterocycles. The van der Waals surface area contributed by atoms with Crippen molar-refractivity contribution in [3.63, 3.8) is 0 Å². The molecule has 0 atom stereocenters. The normalized spacial score (nSPS) is 11.8. The van der Waals surface area contributed by atoms with Crippen molar-refractivity contribution in [2.45, 2.75) is 19.2 Å². The van der Waals surface area contributed by atoms with Gasteiger partial charge in [0.25, 0.3) is 5.91 Å². The molecule has 0 aliphatic heterocycles. The lowest BCUT2D eigenvalue weighted by molar-refractivity contribution is -0.115. The zero-order valence-electron chi connectivity index (χ0n) is 14.3. The predicted octanol–water partition coefficient (Wildman–Crippen LogP) is 4.09. The van der Waals surface area contributed by atoms with E-state index in [9.17, 15) is 4.79 Å². The Morgan fingerprint density at radius 2 is 2.04 bits per heavy atom. The molecule has 25 heavy (non-hydrogen) atoms. The van der Waals surface area contributed by atoms with Gasteiger partial charge in [-0.25, -0.2) is 0 Å². The SMILES string of the molecule is CCn1c(=NC(=O)CSCc2ccccc2)sc2cc(OC)ccc21. The molecule has 0 N–H and O–H groups in total. The number of hydrogen-bond donors (Lipinski definition) is 0. The van der Waals surface area contributed by atoms with E-state index in [0.29, 0.717) is 5.75 Å². The van der Waals surface area contributed by atoms with Crippen LogP contribution in [0.1, 0.15) is 12.5 Å². The molecule has 0 saturated heterocycles. The molecule has 0 spiro atoms. The Balaban J connectivity index is 1.76. The van der Waals surface area contributed by atoms with Crippen LogP contribution in [-0.4, -0.2) is 23.3 Å². The van der Waals surface area contributed by atoms with Crippen LogP contribution in [0.15, 0.2) is 53.5 Å².